The zero-order valence-corrected chi connectivity index (χ0v) is 13.0. The fourth-order valence-corrected chi connectivity index (χ4v) is 3.66. The predicted molar refractivity (Wildman–Crippen MR) is 89.7 cm³/mol. The summed E-state index contributed by atoms with van der Waals surface area (Å²) in [6, 6.07) is 11.6. The summed E-state index contributed by atoms with van der Waals surface area (Å²) < 4.78 is 0. The lowest BCUT2D eigenvalue weighted by atomic mass is 9.88. The molecule has 0 amide bonds. The molecule has 1 fully saturated rings. The van der Waals surface area contributed by atoms with E-state index in [1.807, 2.05) is 6.20 Å². The highest BCUT2D eigenvalue weighted by Crippen LogP contribution is 2.35. The van der Waals surface area contributed by atoms with E-state index < -0.39 is 0 Å². The van der Waals surface area contributed by atoms with E-state index in [4.69, 9.17) is 0 Å². The topological polar surface area (TPSA) is 24.9 Å². The molecule has 1 saturated carbocycles. The number of nitrogens with zero attached hydrogens (tertiary/aromatic N) is 1. The van der Waals surface area contributed by atoms with Crippen molar-refractivity contribution >= 4 is 10.9 Å². The van der Waals surface area contributed by atoms with Gasteiger partial charge < -0.3 is 5.32 Å². The molecule has 1 aromatic carbocycles. The SMILES string of the molecule is CCCNC1CCCCC(c2cccc3ncccc23)C1. The van der Waals surface area contributed by atoms with E-state index >= 15 is 0 Å². The summed E-state index contributed by atoms with van der Waals surface area (Å²) in [5, 5.41) is 5.09. The molecule has 21 heavy (non-hydrogen) atoms. The molecule has 0 aliphatic heterocycles. The summed E-state index contributed by atoms with van der Waals surface area (Å²) in [5.41, 5.74) is 2.64. The van der Waals surface area contributed by atoms with Gasteiger partial charge in [-0.15, -0.1) is 0 Å². The second-order valence-electron chi connectivity index (χ2n) is 6.29. The Hall–Kier alpha value is -1.41. The maximum atomic E-state index is 4.51. The number of hydrogen-bond donors (Lipinski definition) is 1. The second-order valence-corrected chi connectivity index (χ2v) is 6.29. The molecule has 0 bridgehead atoms. The summed E-state index contributed by atoms with van der Waals surface area (Å²) in [4.78, 5) is 4.51. The number of benzene rings is 1. The molecule has 3 rings (SSSR count). The summed E-state index contributed by atoms with van der Waals surface area (Å²) in [7, 11) is 0. The molecule has 1 heterocycles. The van der Waals surface area contributed by atoms with Crippen LogP contribution < -0.4 is 5.32 Å². The van der Waals surface area contributed by atoms with E-state index in [1.165, 1.54) is 49.5 Å². The minimum absolute atomic E-state index is 0.676. The maximum absolute atomic E-state index is 4.51. The molecule has 1 aliphatic carbocycles. The third kappa shape index (κ3) is 3.44. The lowest BCUT2D eigenvalue weighted by molar-refractivity contribution is 0.440. The Balaban J connectivity index is 1.86. The van der Waals surface area contributed by atoms with Gasteiger partial charge in [-0.25, -0.2) is 0 Å². The van der Waals surface area contributed by atoms with Crippen LogP contribution in [-0.4, -0.2) is 17.6 Å². The molecular weight excluding hydrogens is 256 g/mol. The van der Waals surface area contributed by atoms with E-state index in [-0.39, 0.29) is 0 Å². The largest absolute Gasteiger partial charge is 0.314 e. The fraction of sp³-hybridized carbons (Fsp3) is 0.526. The van der Waals surface area contributed by atoms with Gasteiger partial charge in [0.05, 0.1) is 5.52 Å². The van der Waals surface area contributed by atoms with Crippen LogP contribution in [0.3, 0.4) is 0 Å². The Morgan fingerprint density at radius 3 is 2.95 bits per heavy atom. The number of fused-ring (bicyclic) bond motifs is 1. The Kier molecular flexibility index (Phi) is 4.87. The first-order chi connectivity index (χ1) is 10.4. The predicted octanol–water partition coefficient (Wildman–Crippen LogP) is 4.65. The van der Waals surface area contributed by atoms with Crippen molar-refractivity contribution < 1.29 is 0 Å². The van der Waals surface area contributed by atoms with Crippen LogP contribution in [0, 0.1) is 0 Å². The average Bonchev–Trinajstić information content (AvgIpc) is 2.78. The maximum Gasteiger partial charge on any atom is 0.0704 e. The fourth-order valence-electron chi connectivity index (χ4n) is 3.66. The van der Waals surface area contributed by atoms with Crippen molar-refractivity contribution in [3.63, 3.8) is 0 Å². The summed E-state index contributed by atoms with van der Waals surface area (Å²) in [5.74, 6) is 0.676. The van der Waals surface area contributed by atoms with Crippen LogP contribution in [0.5, 0.6) is 0 Å². The van der Waals surface area contributed by atoms with Crippen molar-refractivity contribution in [3.05, 3.63) is 42.1 Å². The Bertz CT molecular complexity index is 573. The van der Waals surface area contributed by atoms with Gasteiger partial charge in [-0.2, -0.15) is 0 Å². The molecule has 2 nitrogen and oxygen atoms in total. The van der Waals surface area contributed by atoms with Crippen molar-refractivity contribution in [1.29, 1.82) is 0 Å². The third-order valence-corrected chi connectivity index (χ3v) is 4.73. The van der Waals surface area contributed by atoms with Gasteiger partial charge in [0.25, 0.3) is 0 Å². The molecule has 1 aromatic heterocycles. The van der Waals surface area contributed by atoms with Crippen molar-refractivity contribution in [3.8, 4) is 0 Å². The molecule has 0 saturated heterocycles. The summed E-state index contributed by atoms with van der Waals surface area (Å²) in [6.07, 6.45) is 9.75. The number of aromatic nitrogens is 1. The van der Waals surface area contributed by atoms with Crippen LogP contribution in [0.4, 0.5) is 0 Å². The van der Waals surface area contributed by atoms with Crippen molar-refractivity contribution in [2.24, 2.45) is 0 Å². The molecule has 2 aromatic rings. The number of nitrogens with one attached hydrogen (secondary N) is 1. The first-order valence-corrected chi connectivity index (χ1v) is 8.45. The van der Waals surface area contributed by atoms with Crippen LogP contribution >= 0.6 is 0 Å². The van der Waals surface area contributed by atoms with Gasteiger partial charge in [-0.05, 0) is 55.8 Å². The minimum Gasteiger partial charge on any atom is -0.314 e. The zero-order chi connectivity index (χ0) is 14.5. The molecule has 1 N–H and O–H groups in total. The Morgan fingerprint density at radius 2 is 2.05 bits per heavy atom. The first kappa shape index (κ1) is 14.5. The molecule has 2 unspecified atom stereocenters. The van der Waals surface area contributed by atoms with E-state index in [1.54, 1.807) is 0 Å². The van der Waals surface area contributed by atoms with Gasteiger partial charge in [-0.3, -0.25) is 4.98 Å². The highest BCUT2D eigenvalue weighted by molar-refractivity contribution is 5.82. The average molecular weight is 282 g/mol. The number of pyridine rings is 1. The van der Waals surface area contributed by atoms with Gasteiger partial charge >= 0.3 is 0 Å². The standard InChI is InChI=1S/C19H26N2/c1-2-12-20-16-8-4-3-7-15(14-16)17-9-5-11-19-18(17)10-6-13-21-19/h5-6,9-11,13,15-16,20H,2-4,7-8,12,14H2,1H3. The smallest absolute Gasteiger partial charge is 0.0704 e. The molecule has 0 radical (unpaired) electrons. The van der Waals surface area contributed by atoms with E-state index in [9.17, 15) is 0 Å². The second kappa shape index (κ2) is 7.04. The zero-order valence-electron chi connectivity index (χ0n) is 13.0. The third-order valence-electron chi connectivity index (χ3n) is 4.73. The quantitative estimate of drug-likeness (QED) is 0.826. The van der Waals surface area contributed by atoms with E-state index in [2.05, 4.69) is 47.6 Å². The van der Waals surface area contributed by atoms with Gasteiger partial charge in [0.15, 0.2) is 0 Å². The van der Waals surface area contributed by atoms with Crippen LogP contribution in [0.15, 0.2) is 36.5 Å². The van der Waals surface area contributed by atoms with Crippen LogP contribution in [0.1, 0.15) is 56.9 Å². The van der Waals surface area contributed by atoms with Crippen molar-refractivity contribution in [2.75, 3.05) is 6.54 Å². The Labute approximate surface area is 128 Å². The van der Waals surface area contributed by atoms with E-state index in [0.717, 1.165) is 12.1 Å². The normalized spacial score (nSPS) is 23.1. The van der Waals surface area contributed by atoms with Crippen molar-refractivity contribution in [1.82, 2.24) is 10.3 Å². The van der Waals surface area contributed by atoms with Crippen molar-refractivity contribution in [2.45, 2.75) is 57.4 Å². The lowest BCUT2D eigenvalue weighted by Crippen LogP contribution is -2.30. The highest BCUT2D eigenvalue weighted by Gasteiger charge is 2.22. The summed E-state index contributed by atoms with van der Waals surface area (Å²) >= 11 is 0. The minimum atomic E-state index is 0.676. The number of hydrogen-bond acceptors (Lipinski definition) is 2. The van der Waals surface area contributed by atoms with Gasteiger partial charge in [-0.1, -0.05) is 38.0 Å². The van der Waals surface area contributed by atoms with Gasteiger partial charge in [0.2, 0.25) is 0 Å². The van der Waals surface area contributed by atoms with Crippen LogP contribution in [0.2, 0.25) is 0 Å². The number of rotatable bonds is 4. The highest BCUT2D eigenvalue weighted by atomic mass is 14.9. The lowest BCUT2D eigenvalue weighted by Gasteiger charge is -2.22. The van der Waals surface area contributed by atoms with Crippen LogP contribution in [-0.2, 0) is 0 Å². The summed E-state index contributed by atoms with van der Waals surface area (Å²) in [6.45, 7) is 3.39. The van der Waals surface area contributed by atoms with Gasteiger partial charge in [0.1, 0.15) is 0 Å². The molecular formula is C19H26N2. The monoisotopic (exact) mass is 282 g/mol. The molecule has 2 atom stereocenters. The molecule has 0 spiro atoms. The van der Waals surface area contributed by atoms with Gasteiger partial charge in [0, 0.05) is 17.6 Å². The first-order valence-electron chi connectivity index (χ1n) is 8.45. The Morgan fingerprint density at radius 1 is 1.14 bits per heavy atom. The molecule has 112 valence electrons. The molecule has 2 heteroatoms. The molecule has 1 aliphatic rings. The van der Waals surface area contributed by atoms with E-state index in [0.29, 0.717) is 12.0 Å². The van der Waals surface area contributed by atoms with Crippen LogP contribution in [0.25, 0.3) is 10.9 Å².